The molecule has 2 aromatic carbocycles. The highest BCUT2D eigenvalue weighted by Crippen LogP contribution is 2.26. The van der Waals surface area contributed by atoms with E-state index in [2.05, 4.69) is 20.6 Å². The van der Waals surface area contributed by atoms with Crippen LogP contribution in [0, 0.1) is 20.2 Å². The minimum Gasteiger partial charge on any atom is -0.354 e. The molecular formula is C18H14N6O4. The molecule has 0 spiro atoms. The van der Waals surface area contributed by atoms with Gasteiger partial charge in [0.15, 0.2) is 0 Å². The molecule has 1 heterocycles. The summed E-state index contributed by atoms with van der Waals surface area (Å²) in [7, 11) is 0. The fourth-order valence-electron chi connectivity index (χ4n) is 2.27. The van der Waals surface area contributed by atoms with E-state index < -0.39 is 9.85 Å². The standard InChI is InChI=1S/C18H14N6O4/c25-23(26)13-9-19-15-5-1-2-6-16(15)20-10-14(24(27)28)12-22-18-8-4-3-7-17(18)21-11-13/h1-12,19,22H/b13-9-,14-12-,20-10?,21-11?. The van der Waals surface area contributed by atoms with E-state index in [1.807, 2.05) is 0 Å². The van der Waals surface area contributed by atoms with Crippen molar-refractivity contribution >= 4 is 35.2 Å². The minimum absolute atomic E-state index is 0.271. The SMILES string of the molecule is O=[N+]([O-])/C1=C\Nc2ccccc2N=C/C([N+](=O)[O-])=C/Nc2ccccc2N=C1. The highest BCUT2D eigenvalue weighted by atomic mass is 16.6. The summed E-state index contributed by atoms with van der Waals surface area (Å²) in [5.41, 5.74) is 1.10. The molecule has 0 aromatic heterocycles. The third-order valence-corrected chi connectivity index (χ3v) is 3.65. The molecule has 0 saturated carbocycles. The van der Waals surface area contributed by atoms with E-state index in [9.17, 15) is 20.2 Å². The number of allylic oxidation sites excluding steroid dienone is 2. The van der Waals surface area contributed by atoms with E-state index in [1.165, 1.54) is 12.4 Å². The zero-order chi connectivity index (χ0) is 19.9. The fourth-order valence-corrected chi connectivity index (χ4v) is 2.27. The zero-order valence-electron chi connectivity index (χ0n) is 14.4. The summed E-state index contributed by atoms with van der Waals surface area (Å²) >= 11 is 0. The second-order valence-electron chi connectivity index (χ2n) is 5.49. The van der Waals surface area contributed by atoms with Crippen molar-refractivity contribution in [3.05, 3.63) is 92.6 Å². The second kappa shape index (κ2) is 8.36. The highest BCUT2D eigenvalue weighted by Gasteiger charge is 2.12. The molecule has 0 radical (unpaired) electrons. The van der Waals surface area contributed by atoms with Gasteiger partial charge in [0, 0.05) is 0 Å². The van der Waals surface area contributed by atoms with Crippen molar-refractivity contribution in [1.29, 1.82) is 0 Å². The van der Waals surface area contributed by atoms with E-state index in [4.69, 9.17) is 0 Å². The number of hydrogen-bond acceptors (Lipinski definition) is 8. The lowest BCUT2D eigenvalue weighted by Crippen LogP contribution is -2.05. The first-order chi connectivity index (χ1) is 13.5. The Morgan fingerprint density at radius 3 is 1.46 bits per heavy atom. The van der Waals surface area contributed by atoms with Crippen molar-refractivity contribution in [2.75, 3.05) is 10.6 Å². The number of benzene rings is 2. The van der Waals surface area contributed by atoms with Crippen molar-refractivity contribution < 1.29 is 9.85 Å². The summed E-state index contributed by atoms with van der Waals surface area (Å²) in [5.74, 6) is 0. The van der Waals surface area contributed by atoms with Crippen molar-refractivity contribution in [2.45, 2.75) is 0 Å². The Kier molecular flexibility index (Phi) is 5.51. The Bertz CT molecular complexity index is 958. The van der Waals surface area contributed by atoms with E-state index in [0.29, 0.717) is 22.7 Å². The lowest BCUT2D eigenvalue weighted by atomic mass is 10.2. The zero-order valence-corrected chi connectivity index (χ0v) is 14.4. The van der Waals surface area contributed by atoms with Crippen LogP contribution in [0.25, 0.3) is 0 Å². The lowest BCUT2D eigenvalue weighted by Gasteiger charge is -2.06. The number of anilines is 2. The summed E-state index contributed by atoms with van der Waals surface area (Å²) in [6, 6.07) is 13.4. The summed E-state index contributed by atoms with van der Waals surface area (Å²) in [4.78, 5) is 29.7. The van der Waals surface area contributed by atoms with Crippen LogP contribution in [0.5, 0.6) is 0 Å². The molecule has 1 aliphatic heterocycles. The molecule has 0 saturated heterocycles. The second-order valence-corrected chi connectivity index (χ2v) is 5.49. The lowest BCUT2D eigenvalue weighted by molar-refractivity contribution is -0.414. The molecule has 2 aromatic rings. The van der Waals surface area contributed by atoms with E-state index >= 15 is 0 Å². The van der Waals surface area contributed by atoms with Gasteiger partial charge in [-0.2, -0.15) is 0 Å². The number of hydrogen-bond donors (Lipinski definition) is 2. The van der Waals surface area contributed by atoms with Crippen LogP contribution in [-0.4, -0.2) is 22.3 Å². The monoisotopic (exact) mass is 378 g/mol. The molecule has 0 fully saturated rings. The Hall–Kier alpha value is -4.34. The number of nitrogens with one attached hydrogen (secondary N) is 2. The molecule has 0 atom stereocenters. The summed E-state index contributed by atoms with van der Waals surface area (Å²) in [6.45, 7) is 0. The van der Waals surface area contributed by atoms with Crippen LogP contribution in [0.15, 0.2) is 82.3 Å². The predicted octanol–water partition coefficient (Wildman–Crippen LogP) is 3.87. The quantitative estimate of drug-likeness (QED) is 0.601. The molecule has 28 heavy (non-hydrogen) atoms. The van der Waals surface area contributed by atoms with Gasteiger partial charge in [0.2, 0.25) is 0 Å². The number of nitro groups is 2. The van der Waals surface area contributed by atoms with Crippen LogP contribution in [0.4, 0.5) is 22.7 Å². The van der Waals surface area contributed by atoms with Gasteiger partial charge < -0.3 is 10.6 Å². The third-order valence-electron chi connectivity index (χ3n) is 3.65. The molecule has 0 bridgehead atoms. The first-order valence-corrected chi connectivity index (χ1v) is 8.03. The van der Waals surface area contributed by atoms with Gasteiger partial charge >= 0.3 is 11.4 Å². The number of aliphatic imine (C=N–C) groups is 2. The molecule has 10 heteroatoms. The average Bonchev–Trinajstić information content (AvgIpc) is 2.68. The summed E-state index contributed by atoms with van der Waals surface area (Å²) in [5, 5.41) is 28.2. The van der Waals surface area contributed by atoms with Crippen LogP contribution in [0.2, 0.25) is 0 Å². The van der Waals surface area contributed by atoms with Gasteiger partial charge in [-0.25, -0.2) is 9.98 Å². The number of fused-ring (bicyclic) bond motifs is 2. The van der Waals surface area contributed by atoms with Crippen LogP contribution in [0.3, 0.4) is 0 Å². The molecule has 10 nitrogen and oxygen atoms in total. The van der Waals surface area contributed by atoms with E-state index in [1.54, 1.807) is 48.5 Å². The molecule has 0 aliphatic carbocycles. The molecule has 0 amide bonds. The maximum absolute atomic E-state index is 11.3. The largest absolute Gasteiger partial charge is 0.354 e. The van der Waals surface area contributed by atoms with Gasteiger partial charge in [-0.1, -0.05) is 24.3 Å². The van der Waals surface area contributed by atoms with Gasteiger partial charge in [-0.05, 0) is 24.3 Å². The molecule has 3 rings (SSSR count). The van der Waals surface area contributed by atoms with Crippen LogP contribution in [-0.2, 0) is 0 Å². The first-order valence-electron chi connectivity index (χ1n) is 8.03. The molecule has 1 aliphatic rings. The Morgan fingerprint density at radius 2 is 1.07 bits per heavy atom. The van der Waals surface area contributed by atoms with Crippen molar-refractivity contribution in [3.63, 3.8) is 0 Å². The van der Waals surface area contributed by atoms with Crippen LogP contribution < -0.4 is 10.6 Å². The van der Waals surface area contributed by atoms with Crippen molar-refractivity contribution in [2.24, 2.45) is 9.98 Å². The highest BCUT2D eigenvalue weighted by molar-refractivity contribution is 5.85. The van der Waals surface area contributed by atoms with Crippen molar-refractivity contribution in [1.82, 2.24) is 0 Å². The van der Waals surface area contributed by atoms with Crippen LogP contribution >= 0.6 is 0 Å². The molecule has 2 N–H and O–H groups in total. The maximum Gasteiger partial charge on any atom is 0.303 e. The van der Waals surface area contributed by atoms with Crippen molar-refractivity contribution in [3.8, 4) is 0 Å². The topological polar surface area (TPSA) is 135 Å². The fraction of sp³-hybridized carbons (Fsp3) is 0. The first kappa shape index (κ1) is 18.5. The molecule has 140 valence electrons. The minimum atomic E-state index is -0.574. The van der Waals surface area contributed by atoms with Gasteiger partial charge in [0.1, 0.15) is 12.4 Å². The van der Waals surface area contributed by atoms with Gasteiger partial charge in [0.05, 0.1) is 45.0 Å². The summed E-state index contributed by atoms with van der Waals surface area (Å²) in [6.07, 6.45) is 4.57. The molecule has 0 unspecified atom stereocenters. The predicted molar refractivity (Wildman–Crippen MR) is 107 cm³/mol. The van der Waals surface area contributed by atoms with E-state index in [0.717, 1.165) is 12.4 Å². The third kappa shape index (κ3) is 4.43. The van der Waals surface area contributed by atoms with Gasteiger partial charge in [-0.15, -0.1) is 0 Å². The average molecular weight is 378 g/mol. The Balaban J connectivity index is 2.13. The Morgan fingerprint density at radius 1 is 0.679 bits per heavy atom. The van der Waals surface area contributed by atoms with Crippen LogP contribution in [0.1, 0.15) is 0 Å². The summed E-state index contributed by atoms with van der Waals surface area (Å²) < 4.78 is 0. The smallest absolute Gasteiger partial charge is 0.303 e. The number of para-hydroxylation sites is 4. The van der Waals surface area contributed by atoms with Gasteiger partial charge in [0.25, 0.3) is 0 Å². The number of nitrogens with zero attached hydrogens (tertiary/aromatic N) is 4. The molecular weight excluding hydrogens is 364 g/mol. The normalized spacial score (nSPS) is 17.3. The Labute approximate surface area is 158 Å². The van der Waals surface area contributed by atoms with E-state index in [-0.39, 0.29) is 11.4 Å². The number of rotatable bonds is 2. The van der Waals surface area contributed by atoms with Gasteiger partial charge in [-0.3, -0.25) is 20.2 Å². The maximum atomic E-state index is 11.3.